The van der Waals surface area contributed by atoms with Gasteiger partial charge in [0, 0.05) is 21.5 Å². The number of carbonyl (C=O) groups excluding carboxylic acids is 2. The third-order valence-corrected chi connectivity index (χ3v) is 5.54. The molecule has 7 heteroatoms. The van der Waals surface area contributed by atoms with E-state index in [4.69, 9.17) is 9.47 Å². The number of rotatable bonds is 6. The van der Waals surface area contributed by atoms with Crippen molar-refractivity contribution >= 4 is 50.2 Å². The number of amides is 1. The summed E-state index contributed by atoms with van der Waals surface area (Å²) in [5.74, 6) is -0.0952. The molecule has 0 aliphatic rings. The summed E-state index contributed by atoms with van der Waals surface area (Å²) in [6.07, 6.45) is 3.11. The van der Waals surface area contributed by atoms with E-state index >= 15 is 0 Å². The van der Waals surface area contributed by atoms with E-state index in [0.717, 1.165) is 21.3 Å². The van der Waals surface area contributed by atoms with Crippen molar-refractivity contribution in [3.05, 3.63) is 75.6 Å². The Bertz CT molecular complexity index is 1040. The first-order valence-electron chi connectivity index (χ1n) is 8.60. The Hall–Kier alpha value is -2.90. The van der Waals surface area contributed by atoms with Crippen molar-refractivity contribution in [2.75, 3.05) is 19.5 Å². The lowest BCUT2D eigenvalue weighted by Crippen LogP contribution is -2.11. The van der Waals surface area contributed by atoms with E-state index in [1.807, 2.05) is 53.9 Å². The standard InChI is InChI=1S/C22H18BrNO4S/c1-27-17-10-3-14(4-11-17)5-12-19(25)24-21-20(22(26)28-2)18(13-29-21)15-6-8-16(23)9-7-15/h3-13H,1-2H3,(H,24,25)/b12-5+. The highest BCUT2D eigenvalue weighted by atomic mass is 79.9. The molecule has 0 bridgehead atoms. The number of halogens is 1. The molecule has 0 unspecified atom stereocenters. The third kappa shape index (κ3) is 5.13. The highest BCUT2D eigenvalue weighted by Gasteiger charge is 2.21. The molecule has 0 fully saturated rings. The molecule has 0 saturated heterocycles. The quantitative estimate of drug-likeness (QED) is 0.374. The molecule has 0 spiro atoms. The molecule has 0 aliphatic heterocycles. The van der Waals surface area contributed by atoms with Crippen molar-refractivity contribution in [2.24, 2.45) is 0 Å². The molecule has 29 heavy (non-hydrogen) atoms. The molecular formula is C22H18BrNO4S. The van der Waals surface area contributed by atoms with Crippen LogP contribution in [-0.2, 0) is 9.53 Å². The minimum absolute atomic E-state index is 0.338. The van der Waals surface area contributed by atoms with Crippen LogP contribution in [0.4, 0.5) is 5.00 Å². The summed E-state index contributed by atoms with van der Waals surface area (Å²) in [5.41, 5.74) is 2.77. The predicted octanol–water partition coefficient (Wildman–Crippen LogP) is 5.62. The SMILES string of the molecule is COC(=O)c1c(-c2ccc(Br)cc2)csc1NC(=O)/C=C/c1ccc(OC)cc1. The zero-order valence-electron chi connectivity index (χ0n) is 15.8. The first-order chi connectivity index (χ1) is 14.0. The van der Waals surface area contributed by atoms with Crippen LogP contribution in [0.15, 0.2) is 64.5 Å². The van der Waals surface area contributed by atoms with Crippen molar-refractivity contribution < 1.29 is 19.1 Å². The maximum absolute atomic E-state index is 12.4. The molecule has 0 saturated carbocycles. The number of hydrogen-bond acceptors (Lipinski definition) is 5. The van der Waals surface area contributed by atoms with Crippen LogP contribution in [0.2, 0.25) is 0 Å². The lowest BCUT2D eigenvalue weighted by atomic mass is 10.0. The van der Waals surface area contributed by atoms with Crippen molar-refractivity contribution in [1.82, 2.24) is 0 Å². The van der Waals surface area contributed by atoms with Gasteiger partial charge in [-0.2, -0.15) is 0 Å². The predicted molar refractivity (Wildman–Crippen MR) is 119 cm³/mol. The minimum atomic E-state index is -0.501. The number of hydrogen-bond donors (Lipinski definition) is 1. The molecule has 5 nitrogen and oxygen atoms in total. The van der Waals surface area contributed by atoms with Crippen LogP contribution in [0.3, 0.4) is 0 Å². The molecule has 3 aromatic rings. The summed E-state index contributed by atoms with van der Waals surface area (Å²) in [6, 6.07) is 14.9. The Labute approximate surface area is 181 Å². The monoisotopic (exact) mass is 471 g/mol. The van der Waals surface area contributed by atoms with Gasteiger partial charge in [-0.1, -0.05) is 40.2 Å². The molecule has 1 heterocycles. The van der Waals surface area contributed by atoms with Gasteiger partial charge in [-0.25, -0.2) is 4.79 Å². The van der Waals surface area contributed by atoms with Gasteiger partial charge < -0.3 is 14.8 Å². The molecular weight excluding hydrogens is 454 g/mol. The fraction of sp³-hybridized carbons (Fsp3) is 0.0909. The second kappa shape index (κ2) is 9.54. The van der Waals surface area contributed by atoms with Crippen molar-refractivity contribution in [3.63, 3.8) is 0 Å². The van der Waals surface area contributed by atoms with E-state index in [0.29, 0.717) is 16.1 Å². The van der Waals surface area contributed by atoms with Gasteiger partial charge in [0.1, 0.15) is 16.3 Å². The molecule has 0 aliphatic carbocycles. The van der Waals surface area contributed by atoms with E-state index in [2.05, 4.69) is 21.2 Å². The van der Waals surface area contributed by atoms with Gasteiger partial charge in [-0.3, -0.25) is 4.79 Å². The normalized spacial score (nSPS) is 10.7. The van der Waals surface area contributed by atoms with Gasteiger partial charge in [0.25, 0.3) is 0 Å². The van der Waals surface area contributed by atoms with E-state index in [9.17, 15) is 9.59 Å². The van der Waals surface area contributed by atoms with Gasteiger partial charge >= 0.3 is 5.97 Å². The summed E-state index contributed by atoms with van der Waals surface area (Å²) in [6.45, 7) is 0. The fourth-order valence-corrected chi connectivity index (χ4v) is 3.86. The highest BCUT2D eigenvalue weighted by Crippen LogP contribution is 2.36. The number of ether oxygens (including phenoxy) is 2. The highest BCUT2D eigenvalue weighted by molar-refractivity contribution is 9.10. The smallest absolute Gasteiger partial charge is 0.341 e. The maximum atomic E-state index is 12.4. The summed E-state index contributed by atoms with van der Waals surface area (Å²) >= 11 is 4.68. The lowest BCUT2D eigenvalue weighted by Gasteiger charge is -2.07. The zero-order chi connectivity index (χ0) is 20.8. The average molecular weight is 472 g/mol. The Kier molecular flexibility index (Phi) is 6.85. The largest absolute Gasteiger partial charge is 0.497 e. The number of nitrogens with one attached hydrogen (secondary N) is 1. The van der Waals surface area contributed by atoms with Crippen LogP contribution in [0, 0.1) is 0 Å². The van der Waals surface area contributed by atoms with Crippen molar-refractivity contribution in [1.29, 1.82) is 0 Å². The van der Waals surface area contributed by atoms with Crippen LogP contribution in [0.1, 0.15) is 15.9 Å². The minimum Gasteiger partial charge on any atom is -0.497 e. The van der Waals surface area contributed by atoms with Crippen LogP contribution >= 0.6 is 27.3 Å². The Morgan fingerprint density at radius 3 is 2.34 bits per heavy atom. The van der Waals surface area contributed by atoms with Crippen LogP contribution in [0.25, 0.3) is 17.2 Å². The fourth-order valence-electron chi connectivity index (χ4n) is 2.64. The second-order valence-electron chi connectivity index (χ2n) is 5.95. The molecule has 1 N–H and O–H groups in total. The summed E-state index contributed by atoms with van der Waals surface area (Å²) in [5, 5.41) is 5.05. The average Bonchev–Trinajstić information content (AvgIpc) is 3.16. The van der Waals surface area contributed by atoms with E-state index in [1.54, 1.807) is 13.2 Å². The van der Waals surface area contributed by atoms with Crippen LogP contribution in [-0.4, -0.2) is 26.1 Å². The van der Waals surface area contributed by atoms with Crippen molar-refractivity contribution in [3.8, 4) is 16.9 Å². The molecule has 3 rings (SSSR count). The molecule has 0 atom stereocenters. The Morgan fingerprint density at radius 1 is 1.03 bits per heavy atom. The summed E-state index contributed by atoms with van der Waals surface area (Å²) < 4.78 is 11.0. The first kappa shape index (κ1) is 20.8. The molecule has 1 amide bonds. The van der Waals surface area contributed by atoms with Crippen LogP contribution in [0.5, 0.6) is 5.75 Å². The van der Waals surface area contributed by atoms with Gasteiger partial charge in [-0.05, 0) is 41.5 Å². The number of anilines is 1. The number of methoxy groups -OCH3 is 2. The van der Waals surface area contributed by atoms with E-state index in [-0.39, 0.29) is 5.91 Å². The zero-order valence-corrected chi connectivity index (χ0v) is 18.2. The first-order valence-corrected chi connectivity index (χ1v) is 10.3. The van der Waals surface area contributed by atoms with E-state index < -0.39 is 5.97 Å². The molecule has 148 valence electrons. The van der Waals surface area contributed by atoms with Gasteiger partial charge in [-0.15, -0.1) is 11.3 Å². The molecule has 0 radical (unpaired) electrons. The van der Waals surface area contributed by atoms with E-state index in [1.165, 1.54) is 24.5 Å². The van der Waals surface area contributed by atoms with Gasteiger partial charge in [0.05, 0.1) is 14.2 Å². The third-order valence-electron chi connectivity index (χ3n) is 4.12. The summed E-state index contributed by atoms with van der Waals surface area (Å²) in [7, 11) is 2.92. The topological polar surface area (TPSA) is 64.6 Å². The van der Waals surface area contributed by atoms with Crippen LogP contribution < -0.4 is 10.1 Å². The number of esters is 1. The second-order valence-corrected chi connectivity index (χ2v) is 7.74. The number of benzene rings is 2. The summed E-state index contributed by atoms with van der Waals surface area (Å²) in [4.78, 5) is 24.8. The Morgan fingerprint density at radius 2 is 1.72 bits per heavy atom. The lowest BCUT2D eigenvalue weighted by molar-refractivity contribution is -0.111. The maximum Gasteiger partial charge on any atom is 0.341 e. The Balaban J connectivity index is 1.82. The molecule has 1 aromatic heterocycles. The number of carbonyl (C=O) groups is 2. The van der Waals surface area contributed by atoms with Gasteiger partial charge in [0.2, 0.25) is 5.91 Å². The van der Waals surface area contributed by atoms with Gasteiger partial charge in [0.15, 0.2) is 0 Å². The van der Waals surface area contributed by atoms with Crippen molar-refractivity contribution in [2.45, 2.75) is 0 Å². The number of thiophene rings is 1. The molecule has 2 aromatic carbocycles.